The van der Waals surface area contributed by atoms with E-state index in [4.69, 9.17) is 0 Å². The van der Waals surface area contributed by atoms with Gasteiger partial charge < -0.3 is 10.2 Å². The second-order valence-corrected chi connectivity index (χ2v) is 6.95. The Labute approximate surface area is 147 Å². The molecular weight excluding hydrogens is 340 g/mol. The van der Waals surface area contributed by atoms with Crippen LogP contribution in [-0.4, -0.2) is 25.2 Å². The van der Waals surface area contributed by atoms with E-state index in [1.165, 1.54) is 16.8 Å². The fraction of sp³-hybridized carbons (Fsp3) is 0.222. The molecule has 2 atom stereocenters. The quantitative estimate of drug-likeness (QED) is 0.702. The molecule has 0 fully saturated rings. The van der Waals surface area contributed by atoms with Crippen LogP contribution in [0.2, 0.25) is 0 Å². The molecular formula is C18H19FN3O2P. The number of aromatic nitrogens is 3. The van der Waals surface area contributed by atoms with Gasteiger partial charge in [0.25, 0.3) is 0 Å². The van der Waals surface area contributed by atoms with Crippen molar-refractivity contribution in [2.45, 2.75) is 25.9 Å². The maximum absolute atomic E-state index is 13.3. The van der Waals surface area contributed by atoms with E-state index in [0.29, 0.717) is 22.2 Å². The van der Waals surface area contributed by atoms with Crippen LogP contribution in [0.3, 0.4) is 0 Å². The van der Waals surface area contributed by atoms with E-state index in [9.17, 15) is 14.6 Å². The summed E-state index contributed by atoms with van der Waals surface area (Å²) in [5, 5.41) is 29.5. The number of halogens is 1. The number of aryl methyl sites for hydroxylation is 1. The van der Waals surface area contributed by atoms with Crippen LogP contribution >= 0.6 is 9.24 Å². The molecule has 0 saturated heterocycles. The Kier molecular flexibility index (Phi) is 4.58. The first-order valence-electron chi connectivity index (χ1n) is 7.75. The summed E-state index contributed by atoms with van der Waals surface area (Å²) in [6.45, 7) is 3.57. The molecule has 0 radical (unpaired) electrons. The highest BCUT2D eigenvalue weighted by molar-refractivity contribution is 7.27. The predicted octanol–water partition coefficient (Wildman–Crippen LogP) is 2.37. The smallest absolute Gasteiger partial charge is 0.141 e. The van der Waals surface area contributed by atoms with Crippen LogP contribution in [0.25, 0.3) is 5.69 Å². The second kappa shape index (κ2) is 6.54. The minimum absolute atomic E-state index is 0.0968. The molecule has 2 unspecified atom stereocenters. The molecule has 0 aliphatic rings. The van der Waals surface area contributed by atoms with Crippen molar-refractivity contribution in [2.24, 2.45) is 0 Å². The van der Waals surface area contributed by atoms with Crippen molar-refractivity contribution in [1.29, 1.82) is 0 Å². The highest BCUT2D eigenvalue weighted by Gasteiger charge is 2.27. The topological polar surface area (TPSA) is 71.2 Å². The summed E-state index contributed by atoms with van der Waals surface area (Å²) in [5.41, 5.74) is 1.43. The summed E-state index contributed by atoms with van der Waals surface area (Å²) in [6, 6.07) is 9.44. The van der Waals surface area contributed by atoms with Gasteiger partial charge in [-0.2, -0.15) is 0 Å². The number of rotatable bonds is 4. The third kappa shape index (κ3) is 3.70. The number of benzene rings is 2. The Morgan fingerprint density at radius 1 is 1.24 bits per heavy atom. The van der Waals surface area contributed by atoms with Gasteiger partial charge >= 0.3 is 0 Å². The average molecular weight is 359 g/mol. The standard InChI is InChI=1S/C18H19FN3O2P/c1-11-3-6-16(23)15(7-11)22-10-13(20-21-22)9-18(2,24)14-5-4-12(19)8-17(14)25/h3-8,10,23-24H,9,25H2,1-2H3. The van der Waals surface area contributed by atoms with Crippen molar-refractivity contribution in [3.8, 4) is 11.4 Å². The van der Waals surface area contributed by atoms with Crippen LogP contribution in [0.4, 0.5) is 4.39 Å². The van der Waals surface area contributed by atoms with Crippen LogP contribution in [0, 0.1) is 12.7 Å². The Morgan fingerprint density at radius 3 is 2.72 bits per heavy atom. The molecule has 0 aliphatic heterocycles. The fourth-order valence-corrected chi connectivity index (χ4v) is 3.35. The van der Waals surface area contributed by atoms with Crippen molar-refractivity contribution >= 4 is 14.5 Å². The first-order valence-corrected chi connectivity index (χ1v) is 8.33. The number of nitrogens with zero attached hydrogens (tertiary/aromatic N) is 3. The van der Waals surface area contributed by atoms with Gasteiger partial charge in [-0.05, 0) is 54.5 Å². The molecule has 25 heavy (non-hydrogen) atoms. The molecule has 7 heteroatoms. The molecule has 1 aromatic heterocycles. The van der Waals surface area contributed by atoms with Gasteiger partial charge in [-0.15, -0.1) is 14.3 Å². The van der Waals surface area contributed by atoms with E-state index in [1.807, 2.05) is 6.92 Å². The van der Waals surface area contributed by atoms with Crippen LogP contribution in [-0.2, 0) is 12.0 Å². The maximum Gasteiger partial charge on any atom is 0.141 e. The van der Waals surface area contributed by atoms with Crippen LogP contribution in [0.15, 0.2) is 42.6 Å². The van der Waals surface area contributed by atoms with Gasteiger partial charge in [0.2, 0.25) is 0 Å². The number of phenols is 1. The Hall–Kier alpha value is -2.30. The summed E-state index contributed by atoms with van der Waals surface area (Å²) in [5.74, 6) is -0.259. The zero-order valence-corrected chi connectivity index (χ0v) is 15.1. The Balaban J connectivity index is 1.89. The van der Waals surface area contributed by atoms with Crippen molar-refractivity contribution in [3.05, 3.63) is 65.2 Å². The third-order valence-corrected chi connectivity index (χ3v) is 4.52. The lowest BCUT2D eigenvalue weighted by atomic mass is 9.91. The number of hydrogen-bond donors (Lipinski definition) is 2. The minimum atomic E-state index is -1.24. The van der Waals surface area contributed by atoms with Crippen LogP contribution in [0.1, 0.15) is 23.7 Å². The minimum Gasteiger partial charge on any atom is -0.506 e. The van der Waals surface area contributed by atoms with E-state index in [1.54, 1.807) is 37.4 Å². The van der Waals surface area contributed by atoms with E-state index >= 15 is 0 Å². The summed E-state index contributed by atoms with van der Waals surface area (Å²) < 4.78 is 14.8. The zero-order valence-electron chi connectivity index (χ0n) is 13.9. The summed E-state index contributed by atoms with van der Waals surface area (Å²) in [7, 11) is 2.44. The monoisotopic (exact) mass is 359 g/mol. The van der Waals surface area contributed by atoms with Crippen molar-refractivity contribution in [2.75, 3.05) is 0 Å². The summed E-state index contributed by atoms with van der Waals surface area (Å²) in [4.78, 5) is 0. The molecule has 2 aromatic carbocycles. The number of phenolic OH excluding ortho intramolecular Hbond substituents is 1. The number of aromatic hydroxyl groups is 1. The average Bonchev–Trinajstić information content (AvgIpc) is 2.96. The Morgan fingerprint density at radius 2 is 2.00 bits per heavy atom. The molecule has 5 nitrogen and oxygen atoms in total. The maximum atomic E-state index is 13.3. The molecule has 0 aliphatic carbocycles. The molecule has 0 spiro atoms. The van der Waals surface area contributed by atoms with Gasteiger partial charge in [-0.1, -0.05) is 17.3 Å². The van der Waals surface area contributed by atoms with Gasteiger partial charge in [0.1, 0.15) is 17.3 Å². The lowest BCUT2D eigenvalue weighted by molar-refractivity contribution is 0.0576. The molecule has 0 bridgehead atoms. The zero-order chi connectivity index (χ0) is 18.2. The molecule has 3 aromatic rings. The normalized spacial score (nSPS) is 13.6. The number of aliphatic hydroxyl groups is 1. The molecule has 3 rings (SSSR count). The fourth-order valence-electron chi connectivity index (χ4n) is 2.79. The molecule has 2 N–H and O–H groups in total. The highest BCUT2D eigenvalue weighted by atomic mass is 31.0. The van der Waals surface area contributed by atoms with E-state index in [0.717, 1.165) is 5.56 Å². The predicted molar refractivity (Wildman–Crippen MR) is 96.8 cm³/mol. The molecule has 0 saturated carbocycles. The first kappa shape index (κ1) is 17.5. The summed E-state index contributed by atoms with van der Waals surface area (Å²) >= 11 is 0. The third-order valence-electron chi connectivity index (χ3n) is 4.04. The SMILES string of the molecule is Cc1ccc(O)c(-n2cc(CC(C)(O)c3ccc(F)cc3P)nn2)c1. The van der Waals surface area contributed by atoms with Gasteiger partial charge in [0.15, 0.2) is 0 Å². The van der Waals surface area contributed by atoms with Crippen molar-refractivity contribution in [1.82, 2.24) is 15.0 Å². The largest absolute Gasteiger partial charge is 0.506 e. The van der Waals surface area contributed by atoms with E-state index in [-0.39, 0.29) is 18.0 Å². The van der Waals surface area contributed by atoms with Crippen LogP contribution < -0.4 is 5.30 Å². The first-order chi connectivity index (χ1) is 11.8. The second-order valence-electron chi connectivity index (χ2n) is 6.33. The van der Waals surface area contributed by atoms with Gasteiger partial charge in [0.05, 0.1) is 17.5 Å². The highest BCUT2D eigenvalue weighted by Crippen LogP contribution is 2.26. The lowest BCUT2D eigenvalue weighted by Crippen LogP contribution is -2.29. The van der Waals surface area contributed by atoms with Crippen LogP contribution in [0.5, 0.6) is 5.75 Å². The van der Waals surface area contributed by atoms with Gasteiger partial charge in [0, 0.05) is 6.42 Å². The number of hydrogen-bond acceptors (Lipinski definition) is 4. The van der Waals surface area contributed by atoms with Crippen molar-refractivity contribution < 1.29 is 14.6 Å². The Bertz CT molecular complexity index is 924. The van der Waals surface area contributed by atoms with Gasteiger partial charge in [-0.3, -0.25) is 0 Å². The van der Waals surface area contributed by atoms with Gasteiger partial charge in [-0.25, -0.2) is 9.07 Å². The van der Waals surface area contributed by atoms with E-state index in [2.05, 4.69) is 19.6 Å². The molecule has 130 valence electrons. The molecule has 1 heterocycles. The molecule has 0 amide bonds. The lowest BCUT2D eigenvalue weighted by Gasteiger charge is -2.24. The van der Waals surface area contributed by atoms with Crippen molar-refractivity contribution in [3.63, 3.8) is 0 Å². The summed E-state index contributed by atoms with van der Waals surface area (Å²) in [6.07, 6.45) is 1.86. The van der Waals surface area contributed by atoms with E-state index < -0.39 is 5.60 Å².